The van der Waals surface area contributed by atoms with Gasteiger partial charge in [0.25, 0.3) is 0 Å². The predicted octanol–water partition coefficient (Wildman–Crippen LogP) is 3.30. The molecule has 1 aromatic heterocycles. The third-order valence-electron chi connectivity index (χ3n) is 4.57. The van der Waals surface area contributed by atoms with Crippen molar-refractivity contribution >= 4 is 21.6 Å². The first-order valence-electron chi connectivity index (χ1n) is 9.57. The second-order valence-electron chi connectivity index (χ2n) is 6.87. The molecule has 0 fully saturated rings. The van der Waals surface area contributed by atoms with E-state index < -0.39 is 10.0 Å². The van der Waals surface area contributed by atoms with Crippen LogP contribution < -0.4 is 19.9 Å². The van der Waals surface area contributed by atoms with Gasteiger partial charge in [-0.1, -0.05) is 29.8 Å². The van der Waals surface area contributed by atoms with Gasteiger partial charge in [0.05, 0.1) is 17.0 Å². The van der Waals surface area contributed by atoms with Gasteiger partial charge in [-0.15, -0.1) is 0 Å². The molecule has 0 saturated carbocycles. The number of hydrogen-bond acceptors (Lipinski definition) is 6. The molecule has 0 bridgehead atoms. The van der Waals surface area contributed by atoms with Crippen molar-refractivity contribution < 1.29 is 17.9 Å². The standard InChI is InChI=1S/C22H24ClN3O4S/c1-29-21-12-18(11-20(23)22(21)30-15-17-3-2-9-25-13-17)14-26-10-8-16-4-6-19(7-5-16)31(24,27)28/h2-7,9,11-13,26H,8,10,14-15H2,1H3,(H2,24,27,28). The van der Waals surface area contributed by atoms with Gasteiger partial charge >= 0.3 is 0 Å². The van der Waals surface area contributed by atoms with E-state index in [9.17, 15) is 8.42 Å². The summed E-state index contributed by atoms with van der Waals surface area (Å²) in [7, 11) is -2.09. The molecule has 0 unspecified atom stereocenters. The topological polar surface area (TPSA) is 104 Å². The summed E-state index contributed by atoms with van der Waals surface area (Å²) in [5.74, 6) is 1.05. The summed E-state index contributed by atoms with van der Waals surface area (Å²) in [6.07, 6.45) is 4.18. The number of rotatable bonds is 10. The molecule has 31 heavy (non-hydrogen) atoms. The van der Waals surface area contributed by atoms with Crippen LogP contribution >= 0.6 is 11.6 Å². The third-order valence-corrected chi connectivity index (χ3v) is 5.78. The van der Waals surface area contributed by atoms with Crippen LogP contribution in [0.5, 0.6) is 11.5 Å². The summed E-state index contributed by atoms with van der Waals surface area (Å²) < 4.78 is 33.9. The van der Waals surface area contributed by atoms with Crippen molar-refractivity contribution in [1.82, 2.24) is 10.3 Å². The van der Waals surface area contributed by atoms with E-state index in [-0.39, 0.29) is 4.90 Å². The quantitative estimate of drug-likeness (QED) is 0.449. The van der Waals surface area contributed by atoms with E-state index in [2.05, 4.69) is 10.3 Å². The number of primary sulfonamides is 1. The molecule has 0 aliphatic carbocycles. The van der Waals surface area contributed by atoms with Crippen LogP contribution in [-0.2, 0) is 29.6 Å². The lowest BCUT2D eigenvalue weighted by atomic mass is 10.1. The maximum Gasteiger partial charge on any atom is 0.238 e. The van der Waals surface area contributed by atoms with Crippen molar-refractivity contribution in [2.75, 3.05) is 13.7 Å². The Bertz CT molecular complexity index is 1110. The Balaban J connectivity index is 1.55. The first-order chi connectivity index (χ1) is 14.9. The fourth-order valence-corrected chi connectivity index (χ4v) is 3.77. The van der Waals surface area contributed by atoms with Gasteiger partial charge in [0.15, 0.2) is 11.5 Å². The van der Waals surface area contributed by atoms with Crippen molar-refractivity contribution in [2.24, 2.45) is 5.14 Å². The van der Waals surface area contributed by atoms with E-state index in [1.165, 1.54) is 12.1 Å². The smallest absolute Gasteiger partial charge is 0.238 e. The van der Waals surface area contributed by atoms with Gasteiger partial charge < -0.3 is 14.8 Å². The molecule has 164 valence electrons. The number of nitrogens with one attached hydrogen (secondary N) is 1. The van der Waals surface area contributed by atoms with Crippen LogP contribution in [0.15, 0.2) is 65.8 Å². The molecular weight excluding hydrogens is 438 g/mol. The molecule has 0 spiro atoms. The second kappa shape index (κ2) is 10.6. The molecule has 0 radical (unpaired) electrons. The first kappa shape index (κ1) is 23.0. The van der Waals surface area contributed by atoms with Gasteiger partial charge in [-0.05, 0) is 54.4 Å². The predicted molar refractivity (Wildman–Crippen MR) is 120 cm³/mol. The van der Waals surface area contributed by atoms with E-state index >= 15 is 0 Å². The molecule has 9 heteroatoms. The Hall–Kier alpha value is -2.65. The van der Waals surface area contributed by atoms with Crippen LogP contribution in [0.1, 0.15) is 16.7 Å². The number of nitrogens with zero attached hydrogens (tertiary/aromatic N) is 1. The van der Waals surface area contributed by atoms with Crippen molar-refractivity contribution in [3.05, 3.63) is 82.6 Å². The maximum atomic E-state index is 11.3. The van der Waals surface area contributed by atoms with E-state index in [1.807, 2.05) is 24.3 Å². The Morgan fingerprint density at radius 2 is 1.87 bits per heavy atom. The third kappa shape index (κ3) is 6.67. The van der Waals surface area contributed by atoms with E-state index in [4.69, 9.17) is 26.2 Å². The lowest BCUT2D eigenvalue weighted by Gasteiger charge is -2.14. The highest BCUT2D eigenvalue weighted by atomic mass is 35.5. The number of methoxy groups -OCH3 is 1. The Kier molecular flexibility index (Phi) is 7.86. The molecule has 0 atom stereocenters. The summed E-state index contributed by atoms with van der Waals surface area (Å²) in [6.45, 7) is 1.63. The largest absolute Gasteiger partial charge is 0.493 e. The van der Waals surface area contributed by atoms with Crippen LogP contribution in [0.25, 0.3) is 0 Å². The average molecular weight is 462 g/mol. The molecule has 3 aromatic rings. The van der Waals surface area contributed by atoms with Crippen molar-refractivity contribution in [2.45, 2.75) is 24.5 Å². The minimum atomic E-state index is -3.67. The van der Waals surface area contributed by atoms with Crippen molar-refractivity contribution in [3.63, 3.8) is 0 Å². The van der Waals surface area contributed by atoms with Gasteiger partial charge in [0.1, 0.15) is 6.61 Å². The van der Waals surface area contributed by atoms with Crippen molar-refractivity contribution in [3.8, 4) is 11.5 Å². The van der Waals surface area contributed by atoms with Crippen molar-refractivity contribution in [1.29, 1.82) is 0 Å². The zero-order valence-electron chi connectivity index (χ0n) is 17.0. The average Bonchev–Trinajstić information content (AvgIpc) is 2.76. The summed E-state index contributed by atoms with van der Waals surface area (Å²) in [4.78, 5) is 4.18. The lowest BCUT2D eigenvalue weighted by Crippen LogP contribution is -2.17. The monoisotopic (exact) mass is 461 g/mol. The normalized spacial score (nSPS) is 11.3. The number of hydrogen-bond donors (Lipinski definition) is 2. The van der Waals surface area contributed by atoms with Gasteiger partial charge in [0.2, 0.25) is 10.0 Å². The molecule has 2 aromatic carbocycles. The zero-order chi connectivity index (χ0) is 22.3. The maximum absolute atomic E-state index is 11.3. The molecule has 7 nitrogen and oxygen atoms in total. The lowest BCUT2D eigenvalue weighted by molar-refractivity contribution is 0.284. The van der Waals surface area contributed by atoms with Gasteiger partial charge in [-0.25, -0.2) is 13.6 Å². The molecule has 0 saturated heterocycles. The number of nitrogens with two attached hydrogens (primary N) is 1. The number of halogens is 1. The number of ether oxygens (including phenoxy) is 2. The molecule has 1 heterocycles. The molecule has 3 N–H and O–H groups in total. The molecule has 0 amide bonds. The molecule has 0 aliphatic rings. The van der Waals surface area contributed by atoms with Crippen LogP contribution in [-0.4, -0.2) is 27.1 Å². The zero-order valence-corrected chi connectivity index (χ0v) is 18.6. The molecular formula is C22H24ClN3O4S. The Labute approximate surface area is 187 Å². The van der Waals surface area contributed by atoms with E-state index in [1.54, 1.807) is 31.6 Å². The van der Waals surface area contributed by atoms with E-state index in [0.717, 1.165) is 23.1 Å². The van der Waals surface area contributed by atoms with Gasteiger partial charge in [0, 0.05) is 24.5 Å². The Morgan fingerprint density at radius 3 is 2.52 bits per heavy atom. The highest BCUT2D eigenvalue weighted by molar-refractivity contribution is 7.89. The molecule has 3 rings (SSSR count). The van der Waals surface area contributed by atoms with Gasteiger partial charge in [-0.3, -0.25) is 4.98 Å². The minimum Gasteiger partial charge on any atom is -0.493 e. The fourth-order valence-electron chi connectivity index (χ4n) is 2.97. The van der Waals surface area contributed by atoms with E-state index in [0.29, 0.717) is 36.2 Å². The number of aromatic nitrogens is 1. The highest BCUT2D eigenvalue weighted by Gasteiger charge is 2.12. The van der Waals surface area contributed by atoms with Crippen LogP contribution in [0.3, 0.4) is 0 Å². The second-order valence-corrected chi connectivity index (χ2v) is 8.84. The summed E-state index contributed by atoms with van der Waals surface area (Å²) in [6, 6.07) is 14.0. The summed E-state index contributed by atoms with van der Waals surface area (Å²) >= 11 is 6.43. The highest BCUT2D eigenvalue weighted by Crippen LogP contribution is 2.37. The van der Waals surface area contributed by atoms with Gasteiger partial charge in [-0.2, -0.15) is 0 Å². The molecule has 0 aliphatic heterocycles. The fraction of sp³-hybridized carbons (Fsp3) is 0.227. The number of pyridine rings is 1. The van der Waals surface area contributed by atoms with Crippen LogP contribution in [0.4, 0.5) is 0 Å². The minimum absolute atomic E-state index is 0.108. The van der Waals surface area contributed by atoms with Crippen LogP contribution in [0.2, 0.25) is 5.02 Å². The first-order valence-corrected chi connectivity index (χ1v) is 11.5. The Morgan fingerprint density at radius 1 is 1.10 bits per heavy atom. The summed E-state index contributed by atoms with van der Waals surface area (Å²) in [5, 5.41) is 8.93. The van der Waals surface area contributed by atoms with Crippen LogP contribution in [0, 0.1) is 0 Å². The number of benzene rings is 2. The SMILES string of the molecule is COc1cc(CNCCc2ccc(S(N)(=O)=O)cc2)cc(Cl)c1OCc1cccnc1. The number of sulfonamides is 1. The summed E-state index contributed by atoms with van der Waals surface area (Å²) in [5.41, 5.74) is 2.90.